The minimum absolute atomic E-state index is 0.0925. The Balaban J connectivity index is 2.45. The van der Waals surface area contributed by atoms with Crippen LogP contribution in [-0.4, -0.2) is 15.1 Å². The van der Waals surface area contributed by atoms with Crippen LogP contribution in [0, 0.1) is 5.21 Å². The third kappa shape index (κ3) is 1.67. The minimum atomic E-state index is -0.580. The summed E-state index contributed by atoms with van der Waals surface area (Å²) in [5, 5.41) is 16.7. The van der Waals surface area contributed by atoms with Crippen molar-refractivity contribution in [3.8, 4) is 0 Å². The lowest BCUT2D eigenvalue weighted by Crippen LogP contribution is -3.11. The number of rotatable bonds is 2. The van der Waals surface area contributed by atoms with Crippen LogP contribution in [0.3, 0.4) is 0 Å². The lowest BCUT2D eigenvalue weighted by atomic mass is 9.92. The fourth-order valence-electron chi connectivity index (χ4n) is 1.67. The Morgan fingerprint density at radius 1 is 1.60 bits per heavy atom. The molecule has 15 heavy (non-hydrogen) atoms. The number of quaternary nitrogens is 1. The van der Waals surface area contributed by atoms with Gasteiger partial charge in [-0.2, -0.15) is 5.10 Å². The molecule has 4 nitrogen and oxygen atoms in total. The van der Waals surface area contributed by atoms with Gasteiger partial charge in [0.2, 0.25) is 0 Å². The zero-order chi connectivity index (χ0) is 10.9. The Bertz CT molecular complexity index is 413. The highest BCUT2D eigenvalue weighted by Crippen LogP contribution is 2.23. The number of aromatic nitrogens is 2. The number of nitrogens with one attached hydrogen (secondary N) is 1. The van der Waals surface area contributed by atoms with Crippen molar-refractivity contribution in [2.75, 3.05) is 5.33 Å². The van der Waals surface area contributed by atoms with Crippen LogP contribution < -0.4 is 5.06 Å². The maximum absolute atomic E-state index is 12.0. The predicted octanol–water partition coefficient (Wildman–Crippen LogP) is 0.476. The van der Waals surface area contributed by atoms with Gasteiger partial charge in [-0.3, -0.25) is 4.68 Å². The van der Waals surface area contributed by atoms with Gasteiger partial charge >= 0.3 is 0 Å². The topological polar surface area (TPSA) is 45.3 Å². The number of hydrogen-bond acceptors (Lipinski definition) is 2. The van der Waals surface area contributed by atoms with Crippen LogP contribution in [0.4, 0.5) is 0 Å². The van der Waals surface area contributed by atoms with Crippen molar-refractivity contribution in [1.82, 2.24) is 9.78 Å². The average molecular weight is 270 g/mol. The molecule has 0 aromatic carbocycles. The third-order valence-electron chi connectivity index (χ3n) is 2.61. The van der Waals surface area contributed by atoms with Crippen LogP contribution in [-0.2, 0) is 12.6 Å². The second-order valence-corrected chi connectivity index (χ2v) is 4.15. The van der Waals surface area contributed by atoms with Crippen molar-refractivity contribution < 1.29 is 5.06 Å². The minimum Gasteiger partial charge on any atom is -0.628 e. The van der Waals surface area contributed by atoms with Gasteiger partial charge in [0.05, 0.1) is 23.3 Å². The first-order chi connectivity index (χ1) is 7.19. The Morgan fingerprint density at radius 3 is 2.93 bits per heavy atom. The molecule has 0 bridgehead atoms. The highest BCUT2D eigenvalue weighted by atomic mass is 79.9. The molecule has 2 atom stereocenters. The van der Waals surface area contributed by atoms with Crippen molar-refractivity contribution in [2.24, 2.45) is 7.05 Å². The fourth-order valence-corrected chi connectivity index (χ4v) is 2.46. The molecule has 0 spiro atoms. The van der Waals surface area contributed by atoms with E-state index in [-0.39, 0.29) is 5.06 Å². The van der Waals surface area contributed by atoms with E-state index in [1.54, 1.807) is 23.2 Å². The molecule has 2 heterocycles. The Morgan fingerprint density at radius 2 is 2.40 bits per heavy atom. The summed E-state index contributed by atoms with van der Waals surface area (Å²) in [6, 6.07) is 0. The normalized spacial score (nSPS) is 29.7. The number of hydrogen-bond donors (Lipinski definition) is 1. The molecule has 1 N–H and O–H groups in total. The van der Waals surface area contributed by atoms with E-state index < -0.39 is 5.54 Å². The number of hydroxylamine groups is 2. The summed E-state index contributed by atoms with van der Waals surface area (Å²) in [5.74, 6) is 0. The number of aryl methyl sites for hydroxylation is 1. The molecular formula is C10H12BrN3O. The molecule has 0 amide bonds. The molecule has 1 aliphatic heterocycles. The molecule has 0 aliphatic carbocycles. The second kappa shape index (κ2) is 3.92. The van der Waals surface area contributed by atoms with Crippen molar-refractivity contribution in [3.05, 3.63) is 47.6 Å². The summed E-state index contributed by atoms with van der Waals surface area (Å²) < 4.78 is 1.71. The van der Waals surface area contributed by atoms with E-state index in [0.717, 1.165) is 5.56 Å². The molecule has 1 aromatic rings. The molecular weight excluding hydrogens is 258 g/mol. The Labute approximate surface area is 96.6 Å². The van der Waals surface area contributed by atoms with Gasteiger partial charge in [-0.1, -0.05) is 22.0 Å². The average Bonchev–Trinajstić information content (AvgIpc) is 2.66. The Kier molecular flexibility index (Phi) is 2.77. The quantitative estimate of drug-likeness (QED) is 0.627. The number of halogens is 1. The summed E-state index contributed by atoms with van der Waals surface area (Å²) >= 11 is 3.41. The van der Waals surface area contributed by atoms with E-state index in [9.17, 15) is 5.21 Å². The van der Waals surface area contributed by atoms with Crippen molar-refractivity contribution in [2.45, 2.75) is 5.54 Å². The van der Waals surface area contributed by atoms with E-state index >= 15 is 0 Å². The molecule has 0 fully saturated rings. The van der Waals surface area contributed by atoms with Gasteiger partial charge in [0.25, 0.3) is 0 Å². The fraction of sp³-hybridized carbons (Fsp3) is 0.300. The van der Waals surface area contributed by atoms with Gasteiger partial charge in [0, 0.05) is 13.2 Å². The molecule has 2 unspecified atom stereocenters. The van der Waals surface area contributed by atoms with Crippen LogP contribution >= 0.6 is 15.9 Å². The van der Waals surface area contributed by atoms with Crippen molar-refractivity contribution in [3.63, 3.8) is 0 Å². The highest BCUT2D eigenvalue weighted by Gasteiger charge is 2.36. The van der Waals surface area contributed by atoms with E-state index in [1.165, 1.54) is 0 Å². The SMILES string of the molecule is Cn1cc(C2(CBr)C=CC=C[NH+]2[O-])cn1. The van der Waals surface area contributed by atoms with E-state index in [1.807, 2.05) is 25.4 Å². The maximum atomic E-state index is 12.0. The van der Waals surface area contributed by atoms with Crippen LogP contribution in [0.1, 0.15) is 5.56 Å². The first-order valence-corrected chi connectivity index (χ1v) is 5.76. The Hall–Kier alpha value is -0.910. The molecule has 80 valence electrons. The first-order valence-electron chi connectivity index (χ1n) is 4.64. The molecule has 1 aliphatic rings. The van der Waals surface area contributed by atoms with Gasteiger partial charge in [0.15, 0.2) is 5.54 Å². The van der Waals surface area contributed by atoms with Crippen LogP contribution in [0.5, 0.6) is 0 Å². The van der Waals surface area contributed by atoms with E-state index in [4.69, 9.17) is 0 Å². The van der Waals surface area contributed by atoms with Crippen LogP contribution in [0.2, 0.25) is 0 Å². The van der Waals surface area contributed by atoms with Gasteiger partial charge < -0.3 is 10.3 Å². The molecule has 2 rings (SSSR count). The number of alkyl halides is 1. The van der Waals surface area contributed by atoms with Gasteiger partial charge in [-0.05, 0) is 12.2 Å². The monoisotopic (exact) mass is 269 g/mol. The summed E-state index contributed by atoms with van der Waals surface area (Å²) in [5.41, 5.74) is 0.343. The molecule has 1 aromatic heterocycles. The first kappa shape index (κ1) is 10.6. The van der Waals surface area contributed by atoms with Gasteiger partial charge in [0.1, 0.15) is 0 Å². The lowest BCUT2D eigenvalue weighted by Gasteiger charge is -2.38. The second-order valence-electron chi connectivity index (χ2n) is 3.59. The molecule has 5 heteroatoms. The molecule has 0 radical (unpaired) electrons. The zero-order valence-corrected chi connectivity index (χ0v) is 9.94. The number of nitrogens with zero attached hydrogens (tertiary/aromatic N) is 2. The smallest absolute Gasteiger partial charge is 0.159 e. The highest BCUT2D eigenvalue weighted by molar-refractivity contribution is 9.09. The summed E-state index contributed by atoms with van der Waals surface area (Å²) in [4.78, 5) is 0. The number of allylic oxidation sites excluding steroid dienone is 2. The summed E-state index contributed by atoms with van der Waals surface area (Å²) in [7, 11) is 1.85. The van der Waals surface area contributed by atoms with Gasteiger partial charge in [-0.25, -0.2) is 0 Å². The van der Waals surface area contributed by atoms with E-state index in [2.05, 4.69) is 21.0 Å². The van der Waals surface area contributed by atoms with Crippen LogP contribution in [0.25, 0.3) is 0 Å². The third-order valence-corrected chi connectivity index (χ3v) is 3.49. The van der Waals surface area contributed by atoms with E-state index in [0.29, 0.717) is 5.33 Å². The largest absolute Gasteiger partial charge is 0.628 e. The van der Waals surface area contributed by atoms with Crippen molar-refractivity contribution in [1.29, 1.82) is 0 Å². The summed E-state index contributed by atoms with van der Waals surface area (Å²) in [6.45, 7) is 0. The maximum Gasteiger partial charge on any atom is 0.159 e. The molecule has 0 saturated carbocycles. The van der Waals surface area contributed by atoms with Crippen LogP contribution in [0.15, 0.2) is 36.8 Å². The van der Waals surface area contributed by atoms with Crippen molar-refractivity contribution >= 4 is 15.9 Å². The predicted molar refractivity (Wildman–Crippen MR) is 61.3 cm³/mol. The van der Waals surface area contributed by atoms with Gasteiger partial charge in [-0.15, -0.1) is 0 Å². The lowest BCUT2D eigenvalue weighted by molar-refractivity contribution is -0.850. The standard InChI is InChI=1S/C10H12BrN3O/c1-13-7-9(6-12-13)10(8-11)4-2-3-5-14(10)15/h2-7,14H,8H2,1H3. The zero-order valence-electron chi connectivity index (χ0n) is 8.35. The molecule has 0 saturated heterocycles. The summed E-state index contributed by atoms with van der Waals surface area (Å²) in [6.07, 6.45) is 10.8.